The Morgan fingerprint density at radius 3 is 2.64 bits per heavy atom. The molecule has 1 unspecified atom stereocenters. The zero-order chi connectivity index (χ0) is 15.2. The van der Waals surface area contributed by atoms with Crippen molar-refractivity contribution in [1.29, 1.82) is 0 Å². The maximum absolute atomic E-state index is 9.50. The van der Waals surface area contributed by atoms with Gasteiger partial charge in [-0.1, -0.05) is 42.5 Å². The minimum absolute atomic E-state index is 0.136. The molecule has 1 atom stereocenters. The summed E-state index contributed by atoms with van der Waals surface area (Å²) in [7, 11) is 0. The Hall–Kier alpha value is -1.84. The number of nitrogens with zero attached hydrogens (tertiary/aromatic N) is 1. The molecule has 1 N–H and O–H groups in total. The van der Waals surface area contributed by atoms with Gasteiger partial charge in [0.2, 0.25) is 0 Å². The predicted octanol–water partition coefficient (Wildman–Crippen LogP) is 3.19. The number of benzene rings is 2. The molecule has 1 aliphatic rings. The zero-order valence-electron chi connectivity index (χ0n) is 12.8. The van der Waals surface area contributed by atoms with Crippen LogP contribution < -0.4 is 4.74 Å². The van der Waals surface area contributed by atoms with Crippen LogP contribution in [-0.2, 0) is 0 Å². The maximum atomic E-state index is 9.50. The summed E-state index contributed by atoms with van der Waals surface area (Å²) in [4.78, 5) is 2.30. The van der Waals surface area contributed by atoms with E-state index in [1.165, 1.54) is 11.1 Å². The van der Waals surface area contributed by atoms with Gasteiger partial charge in [-0.05, 0) is 36.1 Å². The second kappa shape index (κ2) is 7.43. The summed E-state index contributed by atoms with van der Waals surface area (Å²) in [5.74, 6) is 0.919. The Labute approximate surface area is 132 Å². The van der Waals surface area contributed by atoms with Crippen LogP contribution in [-0.4, -0.2) is 42.4 Å². The third kappa shape index (κ3) is 4.09. The van der Waals surface area contributed by atoms with Gasteiger partial charge in [-0.2, -0.15) is 0 Å². The van der Waals surface area contributed by atoms with E-state index in [1.807, 2.05) is 30.3 Å². The normalized spacial score (nSPS) is 18.5. The molecule has 1 saturated heterocycles. The summed E-state index contributed by atoms with van der Waals surface area (Å²) in [5.41, 5.74) is 2.39. The molecule has 1 heterocycles. The first-order valence-corrected chi connectivity index (χ1v) is 8.00. The maximum Gasteiger partial charge on any atom is 0.119 e. The van der Waals surface area contributed by atoms with E-state index < -0.39 is 0 Å². The van der Waals surface area contributed by atoms with Crippen LogP contribution in [0.3, 0.4) is 0 Å². The summed E-state index contributed by atoms with van der Waals surface area (Å²) < 4.78 is 5.87. The van der Waals surface area contributed by atoms with Crippen LogP contribution in [0.15, 0.2) is 54.6 Å². The lowest BCUT2D eigenvalue weighted by Gasteiger charge is -2.15. The monoisotopic (exact) mass is 297 g/mol. The number of rotatable bonds is 6. The van der Waals surface area contributed by atoms with E-state index in [4.69, 9.17) is 4.74 Å². The average molecular weight is 297 g/mol. The van der Waals surface area contributed by atoms with Gasteiger partial charge >= 0.3 is 0 Å². The van der Waals surface area contributed by atoms with Gasteiger partial charge in [0.25, 0.3) is 0 Å². The van der Waals surface area contributed by atoms with Gasteiger partial charge in [-0.3, -0.25) is 0 Å². The molecule has 0 aromatic heterocycles. The Morgan fingerprint density at radius 2 is 1.86 bits per heavy atom. The van der Waals surface area contributed by atoms with Crippen molar-refractivity contribution >= 4 is 0 Å². The quantitative estimate of drug-likeness (QED) is 0.831. The molecule has 0 spiro atoms. The smallest absolute Gasteiger partial charge is 0.119 e. The van der Waals surface area contributed by atoms with Crippen molar-refractivity contribution in [2.24, 2.45) is 0 Å². The van der Waals surface area contributed by atoms with Crippen LogP contribution in [0.4, 0.5) is 0 Å². The van der Waals surface area contributed by atoms with Gasteiger partial charge in [0.1, 0.15) is 5.75 Å². The molecule has 3 rings (SSSR count). The molecule has 0 amide bonds. The molecule has 0 saturated carbocycles. The summed E-state index contributed by atoms with van der Waals surface area (Å²) in [6.07, 6.45) is 1.76. The molecule has 2 aromatic rings. The van der Waals surface area contributed by atoms with E-state index >= 15 is 0 Å². The fraction of sp³-hybridized carbons (Fsp3) is 0.368. The summed E-state index contributed by atoms with van der Waals surface area (Å²) in [6.45, 7) is 3.52. The fourth-order valence-electron chi connectivity index (χ4n) is 2.89. The molecule has 3 nitrogen and oxygen atoms in total. The van der Waals surface area contributed by atoms with Crippen molar-refractivity contribution < 1.29 is 9.84 Å². The van der Waals surface area contributed by atoms with E-state index in [2.05, 4.69) is 29.2 Å². The first kappa shape index (κ1) is 15.1. The van der Waals surface area contributed by atoms with Crippen LogP contribution in [0.25, 0.3) is 11.1 Å². The largest absolute Gasteiger partial charge is 0.494 e. The summed E-state index contributed by atoms with van der Waals surface area (Å²) in [6, 6.07) is 18.6. The topological polar surface area (TPSA) is 32.7 Å². The molecule has 3 heteroatoms. The molecular formula is C19H23NO2. The number of hydrogen-bond donors (Lipinski definition) is 1. The fourth-order valence-corrected chi connectivity index (χ4v) is 2.89. The number of aliphatic hydroxyl groups is 1. The molecule has 0 bridgehead atoms. The molecule has 0 radical (unpaired) electrons. The van der Waals surface area contributed by atoms with Crippen LogP contribution in [0.2, 0.25) is 0 Å². The van der Waals surface area contributed by atoms with Crippen LogP contribution >= 0.6 is 0 Å². The molecule has 2 aromatic carbocycles. The number of hydrogen-bond acceptors (Lipinski definition) is 3. The van der Waals surface area contributed by atoms with E-state index in [-0.39, 0.29) is 6.10 Å². The van der Waals surface area contributed by atoms with E-state index in [9.17, 15) is 5.11 Å². The van der Waals surface area contributed by atoms with Gasteiger partial charge in [0.15, 0.2) is 0 Å². The van der Waals surface area contributed by atoms with Gasteiger partial charge in [0, 0.05) is 19.6 Å². The van der Waals surface area contributed by atoms with Gasteiger partial charge in [0.05, 0.1) is 12.7 Å². The minimum atomic E-state index is -0.136. The van der Waals surface area contributed by atoms with Crippen molar-refractivity contribution in [3.63, 3.8) is 0 Å². The van der Waals surface area contributed by atoms with Crippen LogP contribution in [0, 0.1) is 0 Å². The third-order valence-corrected chi connectivity index (χ3v) is 4.08. The van der Waals surface area contributed by atoms with Crippen LogP contribution in [0.1, 0.15) is 12.8 Å². The van der Waals surface area contributed by atoms with Crippen molar-refractivity contribution in [1.82, 2.24) is 4.90 Å². The Bertz CT molecular complexity index is 585. The highest BCUT2D eigenvalue weighted by atomic mass is 16.5. The lowest BCUT2D eigenvalue weighted by atomic mass is 10.1. The highest BCUT2D eigenvalue weighted by Crippen LogP contribution is 2.23. The van der Waals surface area contributed by atoms with E-state index in [0.717, 1.165) is 38.2 Å². The van der Waals surface area contributed by atoms with Crippen molar-refractivity contribution in [3.05, 3.63) is 54.6 Å². The highest BCUT2D eigenvalue weighted by molar-refractivity contribution is 5.64. The molecule has 1 fully saturated rings. The highest BCUT2D eigenvalue weighted by Gasteiger charge is 2.19. The van der Waals surface area contributed by atoms with Crippen molar-refractivity contribution in [2.45, 2.75) is 18.9 Å². The predicted molar refractivity (Wildman–Crippen MR) is 89.1 cm³/mol. The lowest BCUT2D eigenvalue weighted by molar-refractivity contribution is 0.173. The molecule has 116 valence electrons. The minimum Gasteiger partial charge on any atom is -0.494 e. The SMILES string of the molecule is OC1CCN(CCCOc2cccc(-c3ccccc3)c2)C1. The lowest BCUT2D eigenvalue weighted by Crippen LogP contribution is -2.24. The molecule has 1 aliphatic heterocycles. The Kier molecular flexibility index (Phi) is 5.09. The van der Waals surface area contributed by atoms with Crippen LogP contribution in [0.5, 0.6) is 5.75 Å². The summed E-state index contributed by atoms with van der Waals surface area (Å²) in [5, 5.41) is 9.50. The second-order valence-electron chi connectivity index (χ2n) is 5.84. The molecular weight excluding hydrogens is 274 g/mol. The Balaban J connectivity index is 1.49. The first-order valence-electron chi connectivity index (χ1n) is 8.00. The molecule has 0 aliphatic carbocycles. The first-order chi connectivity index (χ1) is 10.8. The number of ether oxygens (including phenoxy) is 1. The average Bonchev–Trinajstić information content (AvgIpc) is 2.98. The van der Waals surface area contributed by atoms with Crippen molar-refractivity contribution in [3.8, 4) is 16.9 Å². The van der Waals surface area contributed by atoms with E-state index in [1.54, 1.807) is 0 Å². The number of β-amino-alcohol motifs (C(OH)–C–C–N with tert-alkyl or cyclic N) is 1. The second-order valence-corrected chi connectivity index (χ2v) is 5.84. The van der Waals surface area contributed by atoms with Gasteiger partial charge < -0.3 is 14.7 Å². The number of likely N-dealkylation sites (tertiary alicyclic amines) is 1. The van der Waals surface area contributed by atoms with Gasteiger partial charge in [-0.25, -0.2) is 0 Å². The van der Waals surface area contributed by atoms with Crippen molar-refractivity contribution in [2.75, 3.05) is 26.2 Å². The standard InChI is InChI=1S/C19H23NO2/c21-18-10-12-20(15-18)11-5-13-22-19-9-4-8-17(14-19)16-6-2-1-3-7-16/h1-4,6-9,14,18,21H,5,10-13,15H2. The zero-order valence-corrected chi connectivity index (χ0v) is 12.8. The summed E-state index contributed by atoms with van der Waals surface area (Å²) >= 11 is 0. The van der Waals surface area contributed by atoms with E-state index in [0.29, 0.717) is 6.61 Å². The molecule has 22 heavy (non-hydrogen) atoms. The Morgan fingerprint density at radius 1 is 1.05 bits per heavy atom. The number of aliphatic hydroxyl groups excluding tert-OH is 1. The third-order valence-electron chi connectivity index (χ3n) is 4.08. The van der Waals surface area contributed by atoms with Gasteiger partial charge in [-0.15, -0.1) is 0 Å².